The molecule has 2 unspecified atom stereocenters. The molecule has 1 saturated heterocycles. The molecule has 3 heterocycles. The monoisotopic (exact) mass is 368 g/mol. The molecule has 6 nitrogen and oxygen atoms in total. The Kier molecular flexibility index (Phi) is 5.14. The summed E-state index contributed by atoms with van der Waals surface area (Å²) in [5.74, 6) is 3.25. The number of nitrogens with zero attached hydrogens (tertiary/aromatic N) is 4. The fourth-order valence-corrected chi connectivity index (χ4v) is 4.48. The van der Waals surface area contributed by atoms with E-state index in [0.717, 1.165) is 62.5 Å². The van der Waals surface area contributed by atoms with Gasteiger partial charge in [-0.1, -0.05) is 19.1 Å². The third-order valence-electron chi connectivity index (χ3n) is 5.88. The van der Waals surface area contributed by atoms with Crippen LogP contribution >= 0.6 is 0 Å². The van der Waals surface area contributed by atoms with E-state index in [2.05, 4.69) is 26.6 Å². The van der Waals surface area contributed by atoms with E-state index in [0.29, 0.717) is 6.42 Å². The number of carbonyl (C=O) groups is 1. The van der Waals surface area contributed by atoms with Crippen molar-refractivity contribution in [1.82, 2.24) is 19.7 Å². The molecule has 0 N–H and O–H groups in total. The van der Waals surface area contributed by atoms with Gasteiger partial charge < -0.3 is 14.2 Å². The van der Waals surface area contributed by atoms with Gasteiger partial charge in [0.1, 0.15) is 17.4 Å². The summed E-state index contributed by atoms with van der Waals surface area (Å²) >= 11 is 0. The Balaban J connectivity index is 1.43. The molecule has 1 aromatic heterocycles. The van der Waals surface area contributed by atoms with E-state index < -0.39 is 0 Å². The lowest BCUT2D eigenvalue weighted by Gasteiger charge is -2.28. The SMILES string of the molecule is CCCc1nnc2n1CC1CCC(C2)N1C(=O)CCc1ccc(OC)cc1. The second-order valence-corrected chi connectivity index (χ2v) is 7.63. The molecule has 1 fully saturated rings. The first-order valence-electron chi connectivity index (χ1n) is 10.0. The number of methoxy groups -OCH3 is 1. The summed E-state index contributed by atoms with van der Waals surface area (Å²) < 4.78 is 7.48. The van der Waals surface area contributed by atoms with Crippen LogP contribution in [-0.4, -0.2) is 44.8 Å². The van der Waals surface area contributed by atoms with Crippen LogP contribution in [0.5, 0.6) is 5.75 Å². The molecule has 1 aromatic carbocycles. The fraction of sp³-hybridized carbons (Fsp3) is 0.571. The van der Waals surface area contributed by atoms with Crippen LogP contribution in [-0.2, 0) is 30.6 Å². The van der Waals surface area contributed by atoms with Gasteiger partial charge in [-0.15, -0.1) is 10.2 Å². The second-order valence-electron chi connectivity index (χ2n) is 7.63. The van der Waals surface area contributed by atoms with Gasteiger partial charge in [0.15, 0.2) is 0 Å². The fourth-order valence-electron chi connectivity index (χ4n) is 4.48. The Morgan fingerprint density at radius 2 is 1.93 bits per heavy atom. The van der Waals surface area contributed by atoms with E-state index in [1.165, 1.54) is 5.56 Å². The maximum Gasteiger partial charge on any atom is 0.223 e. The number of hydrogen-bond acceptors (Lipinski definition) is 4. The molecule has 2 aliphatic heterocycles. The van der Waals surface area contributed by atoms with Crippen LogP contribution in [0.25, 0.3) is 0 Å². The number of rotatable bonds is 6. The minimum Gasteiger partial charge on any atom is -0.497 e. The van der Waals surface area contributed by atoms with Gasteiger partial charge in [-0.25, -0.2) is 0 Å². The highest BCUT2D eigenvalue weighted by atomic mass is 16.5. The molecule has 0 saturated carbocycles. The van der Waals surface area contributed by atoms with Crippen LogP contribution < -0.4 is 4.74 Å². The summed E-state index contributed by atoms with van der Waals surface area (Å²) in [7, 11) is 1.67. The Morgan fingerprint density at radius 3 is 2.67 bits per heavy atom. The van der Waals surface area contributed by atoms with Crippen molar-refractivity contribution < 1.29 is 9.53 Å². The van der Waals surface area contributed by atoms with Crippen LogP contribution in [0.1, 0.15) is 49.8 Å². The zero-order chi connectivity index (χ0) is 18.8. The molecule has 0 spiro atoms. The first kappa shape index (κ1) is 18.0. The first-order chi connectivity index (χ1) is 13.2. The molecule has 0 radical (unpaired) electrons. The third-order valence-corrected chi connectivity index (χ3v) is 5.88. The Morgan fingerprint density at radius 1 is 1.15 bits per heavy atom. The van der Waals surface area contributed by atoms with Crippen LogP contribution in [0.3, 0.4) is 0 Å². The molecule has 6 heteroatoms. The van der Waals surface area contributed by atoms with Crippen molar-refractivity contribution in [2.24, 2.45) is 0 Å². The number of fused-ring (bicyclic) bond motifs is 3. The minimum atomic E-state index is 0.272. The highest BCUT2D eigenvalue weighted by Gasteiger charge is 2.40. The van der Waals surface area contributed by atoms with E-state index >= 15 is 0 Å². The zero-order valence-electron chi connectivity index (χ0n) is 16.2. The van der Waals surface area contributed by atoms with E-state index in [9.17, 15) is 4.79 Å². The minimum absolute atomic E-state index is 0.272. The molecule has 2 bridgehead atoms. The molecule has 27 heavy (non-hydrogen) atoms. The summed E-state index contributed by atoms with van der Waals surface area (Å²) in [6.07, 6.45) is 6.35. The lowest BCUT2D eigenvalue weighted by Crippen LogP contribution is -2.42. The smallest absolute Gasteiger partial charge is 0.223 e. The van der Waals surface area contributed by atoms with Gasteiger partial charge in [0.25, 0.3) is 0 Å². The number of ether oxygens (including phenoxy) is 1. The molecule has 4 rings (SSSR count). The van der Waals surface area contributed by atoms with Gasteiger partial charge in [-0.2, -0.15) is 0 Å². The largest absolute Gasteiger partial charge is 0.497 e. The van der Waals surface area contributed by atoms with Crippen molar-refractivity contribution in [2.45, 2.75) is 70.5 Å². The third kappa shape index (κ3) is 3.57. The van der Waals surface area contributed by atoms with Gasteiger partial charge >= 0.3 is 0 Å². The van der Waals surface area contributed by atoms with Crippen molar-refractivity contribution in [3.8, 4) is 5.75 Å². The summed E-state index contributed by atoms with van der Waals surface area (Å²) in [6.45, 7) is 3.02. The average molecular weight is 368 g/mol. The second kappa shape index (κ2) is 7.71. The van der Waals surface area contributed by atoms with Crippen molar-refractivity contribution in [3.63, 3.8) is 0 Å². The van der Waals surface area contributed by atoms with E-state index in [1.807, 2.05) is 24.3 Å². The maximum absolute atomic E-state index is 13.0. The average Bonchev–Trinajstić information content (AvgIpc) is 3.19. The van der Waals surface area contributed by atoms with Gasteiger partial charge in [0.05, 0.1) is 13.2 Å². The molecule has 1 amide bonds. The first-order valence-corrected chi connectivity index (χ1v) is 10.0. The summed E-state index contributed by atoms with van der Waals surface area (Å²) in [5.41, 5.74) is 1.17. The normalized spacial score (nSPS) is 21.0. The molecule has 0 aliphatic carbocycles. The molecular weight excluding hydrogens is 340 g/mol. The molecule has 2 aromatic rings. The van der Waals surface area contributed by atoms with E-state index in [4.69, 9.17) is 4.74 Å². The Hall–Kier alpha value is -2.37. The van der Waals surface area contributed by atoms with Crippen LogP contribution in [0.4, 0.5) is 0 Å². The molecular formula is C21H28N4O2. The molecule has 144 valence electrons. The topological polar surface area (TPSA) is 60.2 Å². The predicted molar refractivity (Wildman–Crippen MR) is 103 cm³/mol. The standard InChI is InChI=1S/C21H28N4O2/c1-3-4-19-22-23-20-13-16-8-9-17(14-24(19)20)25(16)21(26)12-7-15-5-10-18(27-2)11-6-15/h5-6,10-11,16-17H,3-4,7-9,12-14H2,1-2H3. The van der Waals surface area contributed by atoms with Crippen molar-refractivity contribution in [2.75, 3.05) is 7.11 Å². The highest BCUT2D eigenvalue weighted by molar-refractivity contribution is 5.77. The number of carbonyl (C=O) groups excluding carboxylic acids is 1. The highest BCUT2D eigenvalue weighted by Crippen LogP contribution is 2.32. The van der Waals surface area contributed by atoms with Gasteiger partial charge in [-0.3, -0.25) is 4.79 Å². The Labute approximate surface area is 160 Å². The number of hydrogen-bond donors (Lipinski definition) is 0. The number of benzene rings is 1. The lowest BCUT2D eigenvalue weighted by molar-refractivity contribution is -0.134. The maximum atomic E-state index is 13.0. The van der Waals surface area contributed by atoms with E-state index in [1.54, 1.807) is 7.11 Å². The van der Waals surface area contributed by atoms with Gasteiger partial charge in [-0.05, 0) is 43.4 Å². The van der Waals surface area contributed by atoms with Crippen LogP contribution in [0, 0.1) is 0 Å². The van der Waals surface area contributed by atoms with E-state index in [-0.39, 0.29) is 18.0 Å². The quantitative estimate of drug-likeness (QED) is 0.787. The zero-order valence-corrected chi connectivity index (χ0v) is 16.2. The summed E-state index contributed by atoms with van der Waals surface area (Å²) in [5, 5.41) is 8.81. The van der Waals surface area contributed by atoms with Crippen LogP contribution in [0.2, 0.25) is 0 Å². The summed E-state index contributed by atoms with van der Waals surface area (Å²) in [4.78, 5) is 15.2. The number of amides is 1. The van der Waals surface area contributed by atoms with Crippen molar-refractivity contribution in [3.05, 3.63) is 41.5 Å². The Bertz CT molecular complexity index is 799. The van der Waals surface area contributed by atoms with Crippen LogP contribution in [0.15, 0.2) is 24.3 Å². The van der Waals surface area contributed by atoms with Crippen molar-refractivity contribution >= 4 is 5.91 Å². The molecule has 2 atom stereocenters. The summed E-state index contributed by atoms with van der Waals surface area (Å²) in [6, 6.07) is 8.56. The molecule has 2 aliphatic rings. The van der Waals surface area contributed by atoms with Crippen molar-refractivity contribution in [1.29, 1.82) is 0 Å². The number of aromatic nitrogens is 3. The van der Waals surface area contributed by atoms with Gasteiger partial charge in [0.2, 0.25) is 5.91 Å². The van der Waals surface area contributed by atoms with Gasteiger partial charge in [0, 0.05) is 31.8 Å². The predicted octanol–water partition coefficient (Wildman–Crippen LogP) is 2.79. The lowest BCUT2D eigenvalue weighted by atomic mass is 10.1. The number of aryl methyl sites for hydroxylation is 2.